The van der Waals surface area contributed by atoms with Crippen molar-refractivity contribution >= 4 is 5.97 Å². The van der Waals surface area contributed by atoms with E-state index in [0.717, 1.165) is 48.8 Å². The molecule has 0 aliphatic carbocycles. The van der Waals surface area contributed by atoms with Gasteiger partial charge in [-0.3, -0.25) is 0 Å². The van der Waals surface area contributed by atoms with Crippen LogP contribution in [0.15, 0.2) is 60.9 Å². The second-order valence-corrected chi connectivity index (χ2v) is 10.0. The number of unbranched alkanes of at least 4 members (excludes halogenated alkanes) is 8. The van der Waals surface area contributed by atoms with Crippen LogP contribution in [-0.2, 0) is 16.0 Å². The van der Waals surface area contributed by atoms with Crippen LogP contribution in [0.4, 0.5) is 0 Å². The number of benzene rings is 2. The van der Waals surface area contributed by atoms with E-state index in [9.17, 15) is 4.79 Å². The highest BCUT2D eigenvalue weighted by Crippen LogP contribution is 2.23. The van der Waals surface area contributed by atoms with Crippen molar-refractivity contribution in [2.75, 3.05) is 6.61 Å². The molecule has 0 saturated carbocycles. The SMILES string of the molecule is CCCCCCCCc1ccc(-c2cnc(-c3ccc(OC(C)C(=O)OCCCCCC)cc3)nc2)cc1. The first-order valence-electron chi connectivity index (χ1n) is 14.5. The fraction of sp³-hybridized carbons (Fsp3) is 0.485. The molecule has 0 aliphatic rings. The molecule has 1 aromatic heterocycles. The van der Waals surface area contributed by atoms with Gasteiger partial charge in [-0.05, 0) is 61.6 Å². The average molecular weight is 517 g/mol. The number of nitrogens with zero attached hydrogens (tertiary/aromatic N) is 2. The summed E-state index contributed by atoms with van der Waals surface area (Å²) in [6, 6.07) is 16.2. The van der Waals surface area contributed by atoms with Gasteiger partial charge in [0, 0.05) is 23.5 Å². The molecule has 0 aliphatic heterocycles. The van der Waals surface area contributed by atoms with Gasteiger partial charge in [0.2, 0.25) is 0 Å². The van der Waals surface area contributed by atoms with Crippen LogP contribution in [0, 0.1) is 0 Å². The zero-order valence-electron chi connectivity index (χ0n) is 23.5. The van der Waals surface area contributed by atoms with E-state index in [0.29, 0.717) is 18.2 Å². The molecule has 5 heteroatoms. The van der Waals surface area contributed by atoms with Gasteiger partial charge in [0.25, 0.3) is 0 Å². The van der Waals surface area contributed by atoms with Crippen LogP contribution in [0.1, 0.15) is 90.5 Å². The van der Waals surface area contributed by atoms with Crippen LogP contribution in [0.2, 0.25) is 0 Å². The first-order valence-corrected chi connectivity index (χ1v) is 14.5. The van der Waals surface area contributed by atoms with Gasteiger partial charge in [0.15, 0.2) is 11.9 Å². The highest BCUT2D eigenvalue weighted by Gasteiger charge is 2.16. The minimum atomic E-state index is -0.653. The molecule has 0 N–H and O–H groups in total. The third-order valence-corrected chi connectivity index (χ3v) is 6.76. The summed E-state index contributed by atoms with van der Waals surface area (Å²) in [4.78, 5) is 21.3. The van der Waals surface area contributed by atoms with Crippen LogP contribution in [0.3, 0.4) is 0 Å². The summed E-state index contributed by atoms with van der Waals surface area (Å²) in [6.45, 7) is 6.58. The Balaban J connectivity index is 1.47. The van der Waals surface area contributed by atoms with Gasteiger partial charge in [-0.2, -0.15) is 0 Å². The Morgan fingerprint density at radius 3 is 1.95 bits per heavy atom. The summed E-state index contributed by atoms with van der Waals surface area (Å²) in [5.41, 5.74) is 4.41. The molecule has 1 atom stereocenters. The lowest BCUT2D eigenvalue weighted by Gasteiger charge is -2.14. The van der Waals surface area contributed by atoms with Gasteiger partial charge in [0.1, 0.15) is 5.75 Å². The van der Waals surface area contributed by atoms with Crippen molar-refractivity contribution in [1.82, 2.24) is 9.97 Å². The Kier molecular flexibility index (Phi) is 12.8. The summed E-state index contributed by atoms with van der Waals surface area (Å²) in [6.07, 6.45) is 16.4. The fourth-order valence-corrected chi connectivity index (χ4v) is 4.35. The van der Waals surface area contributed by atoms with Crippen molar-refractivity contribution in [1.29, 1.82) is 0 Å². The topological polar surface area (TPSA) is 61.3 Å². The van der Waals surface area contributed by atoms with Gasteiger partial charge >= 0.3 is 5.97 Å². The van der Waals surface area contributed by atoms with Gasteiger partial charge in [-0.15, -0.1) is 0 Å². The van der Waals surface area contributed by atoms with Crippen molar-refractivity contribution in [3.8, 4) is 28.3 Å². The standard InChI is InChI=1S/C33H44N2O3/c1-4-6-8-10-11-12-14-27-15-17-28(18-16-27)30-24-34-32(35-25-30)29-19-21-31(22-20-29)38-26(3)33(36)37-23-13-9-7-5-2/h15-22,24-26H,4-14,23H2,1-3H3. The van der Waals surface area contributed by atoms with Crippen molar-refractivity contribution in [3.63, 3.8) is 0 Å². The molecule has 0 spiro atoms. The molecule has 38 heavy (non-hydrogen) atoms. The molecule has 0 saturated heterocycles. The molecule has 3 rings (SSSR count). The van der Waals surface area contributed by atoms with E-state index >= 15 is 0 Å². The lowest BCUT2D eigenvalue weighted by molar-refractivity contribution is -0.151. The number of esters is 1. The lowest BCUT2D eigenvalue weighted by Crippen LogP contribution is -2.26. The maximum atomic E-state index is 12.2. The summed E-state index contributed by atoms with van der Waals surface area (Å²) >= 11 is 0. The first kappa shape index (κ1) is 29.3. The molecule has 0 fully saturated rings. The van der Waals surface area contributed by atoms with E-state index in [1.54, 1.807) is 6.92 Å². The summed E-state index contributed by atoms with van der Waals surface area (Å²) < 4.78 is 11.1. The number of ether oxygens (including phenoxy) is 2. The number of aromatic nitrogens is 2. The summed E-state index contributed by atoms with van der Waals surface area (Å²) in [5.74, 6) is 0.932. The monoisotopic (exact) mass is 516 g/mol. The van der Waals surface area contributed by atoms with Crippen LogP contribution >= 0.6 is 0 Å². The average Bonchev–Trinajstić information content (AvgIpc) is 2.95. The smallest absolute Gasteiger partial charge is 0.347 e. The first-order chi connectivity index (χ1) is 18.6. The normalized spacial score (nSPS) is 11.8. The number of hydrogen-bond acceptors (Lipinski definition) is 5. The second kappa shape index (κ2) is 16.6. The molecule has 0 amide bonds. The Hall–Kier alpha value is -3.21. The highest BCUT2D eigenvalue weighted by atomic mass is 16.6. The predicted molar refractivity (Wildman–Crippen MR) is 155 cm³/mol. The molecule has 2 aromatic carbocycles. The van der Waals surface area contributed by atoms with Crippen molar-refractivity contribution < 1.29 is 14.3 Å². The third kappa shape index (κ3) is 9.92. The molecular weight excluding hydrogens is 472 g/mol. The minimum absolute atomic E-state index is 0.333. The maximum absolute atomic E-state index is 12.2. The Bertz CT molecular complexity index is 1060. The number of carbonyl (C=O) groups excluding carboxylic acids is 1. The number of carbonyl (C=O) groups is 1. The summed E-state index contributed by atoms with van der Waals surface area (Å²) in [5, 5.41) is 0. The van der Waals surface area contributed by atoms with E-state index < -0.39 is 6.10 Å². The molecule has 1 heterocycles. The molecule has 1 unspecified atom stereocenters. The van der Waals surface area contributed by atoms with E-state index in [1.807, 2.05) is 36.7 Å². The lowest BCUT2D eigenvalue weighted by atomic mass is 10.0. The third-order valence-electron chi connectivity index (χ3n) is 6.76. The Morgan fingerprint density at radius 2 is 1.29 bits per heavy atom. The fourth-order valence-electron chi connectivity index (χ4n) is 4.35. The van der Waals surface area contributed by atoms with Crippen LogP contribution in [0.5, 0.6) is 5.75 Å². The largest absolute Gasteiger partial charge is 0.479 e. The van der Waals surface area contributed by atoms with Crippen LogP contribution < -0.4 is 4.74 Å². The number of rotatable bonds is 17. The van der Waals surface area contributed by atoms with E-state index in [2.05, 4.69) is 48.1 Å². The molecular formula is C33H44N2O3. The number of aryl methyl sites for hydroxylation is 1. The molecule has 204 valence electrons. The van der Waals surface area contributed by atoms with E-state index in [1.165, 1.54) is 44.1 Å². The van der Waals surface area contributed by atoms with Crippen LogP contribution in [-0.4, -0.2) is 28.6 Å². The van der Waals surface area contributed by atoms with Gasteiger partial charge in [-0.25, -0.2) is 14.8 Å². The zero-order valence-corrected chi connectivity index (χ0v) is 23.5. The molecule has 0 bridgehead atoms. The van der Waals surface area contributed by atoms with Crippen molar-refractivity contribution in [2.24, 2.45) is 0 Å². The van der Waals surface area contributed by atoms with Crippen LogP contribution in [0.25, 0.3) is 22.5 Å². The molecule has 0 radical (unpaired) electrons. The second-order valence-electron chi connectivity index (χ2n) is 10.0. The predicted octanol–water partition coefficient (Wildman–Crippen LogP) is 8.60. The zero-order chi connectivity index (χ0) is 27.0. The van der Waals surface area contributed by atoms with E-state index in [-0.39, 0.29) is 5.97 Å². The Labute approximate surface area is 229 Å². The quantitative estimate of drug-likeness (QED) is 0.133. The molecule has 5 nitrogen and oxygen atoms in total. The van der Waals surface area contributed by atoms with Gasteiger partial charge in [-0.1, -0.05) is 89.5 Å². The molecule has 3 aromatic rings. The maximum Gasteiger partial charge on any atom is 0.347 e. The van der Waals surface area contributed by atoms with Gasteiger partial charge < -0.3 is 9.47 Å². The van der Waals surface area contributed by atoms with E-state index in [4.69, 9.17) is 9.47 Å². The Morgan fingerprint density at radius 1 is 0.711 bits per heavy atom. The van der Waals surface area contributed by atoms with Crippen molar-refractivity contribution in [3.05, 3.63) is 66.5 Å². The highest BCUT2D eigenvalue weighted by molar-refractivity contribution is 5.74. The summed E-state index contributed by atoms with van der Waals surface area (Å²) in [7, 11) is 0. The minimum Gasteiger partial charge on any atom is -0.479 e. The number of hydrogen-bond donors (Lipinski definition) is 0. The van der Waals surface area contributed by atoms with Crippen molar-refractivity contribution in [2.45, 2.75) is 97.5 Å². The van der Waals surface area contributed by atoms with Gasteiger partial charge in [0.05, 0.1) is 6.61 Å².